The summed E-state index contributed by atoms with van der Waals surface area (Å²) >= 11 is 1.51. The Bertz CT molecular complexity index is 696. The molecule has 5 nitrogen and oxygen atoms in total. The number of fused-ring (bicyclic) bond motifs is 1. The van der Waals surface area contributed by atoms with E-state index >= 15 is 0 Å². The Hall–Kier alpha value is -1.82. The van der Waals surface area contributed by atoms with Crippen LogP contribution in [0.5, 0.6) is 0 Å². The van der Waals surface area contributed by atoms with Gasteiger partial charge in [0.1, 0.15) is 0 Å². The van der Waals surface area contributed by atoms with Gasteiger partial charge in [-0.1, -0.05) is 32.1 Å². The second kappa shape index (κ2) is 5.43. The summed E-state index contributed by atoms with van der Waals surface area (Å²) in [7, 11) is 0. The second-order valence-corrected chi connectivity index (χ2v) is 7.80. The van der Waals surface area contributed by atoms with Crippen LogP contribution in [0.4, 0.5) is 10.8 Å². The molecule has 3 rings (SSSR count). The van der Waals surface area contributed by atoms with Crippen molar-refractivity contribution in [2.75, 3.05) is 36.8 Å². The Balaban J connectivity index is 1.71. The van der Waals surface area contributed by atoms with Crippen LogP contribution in [0.2, 0.25) is 0 Å². The Labute approximate surface area is 134 Å². The summed E-state index contributed by atoms with van der Waals surface area (Å²) in [6.07, 6.45) is 0. The van der Waals surface area contributed by atoms with Crippen LogP contribution in [0, 0.1) is 5.41 Å². The Kier molecular flexibility index (Phi) is 3.72. The number of benzene rings is 1. The van der Waals surface area contributed by atoms with Crippen LogP contribution in [0.1, 0.15) is 20.8 Å². The van der Waals surface area contributed by atoms with Gasteiger partial charge in [-0.3, -0.25) is 4.79 Å². The standard InChI is InChI=1S/C16H22N4OS/c1-16(2,3)14(21)20-8-6-19(7-9-20)11-4-5-12-13(10-11)22-15(17)18-12/h4-5,10H,6-9H2,1-3H3,(H2,17,18). The highest BCUT2D eigenvalue weighted by molar-refractivity contribution is 7.22. The Morgan fingerprint density at radius 1 is 1.23 bits per heavy atom. The molecule has 2 aromatic rings. The molecule has 118 valence electrons. The molecule has 1 aromatic carbocycles. The lowest BCUT2D eigenvalue weighted by molar-refractivity contribution is -0.139. The smallest absolute Gasteiger partial charge is 0.228 e. The number of carbonyl (C=O) groups excluding carboxylic acids is 1. The number of anilines is 2. The van der Waals surface area contributed by atoms with Crippen LogP contribution in [0.15, 0.2) is 18.2 Å². The number of piperazine rings is 1. The molecule has 0 spiro atoms. The van der Waals surface area contributed by atoms with Gasteiger partial charge in [-0.2, -0.15) is 0 Å². The summed E-state index contributed by atoms with van der Waals surface area (Å²) < 4.78 is 1.11. The van der Waals surface area contributed by atoms with Gasteiger partial charge in [0.15, 0.2) is 5.13 Å². The average molecular weight is 318 g/mol. The van der Waals surface area contributed by atoms with Gasteiger partial charge in [0.05, 0.1) is 10.2 Å². The molecule has 0 bridgehead atoms. The van der Waals surface area contributed by atoms with E-state index in [-0.39, 0.29) is 11.3 Å². The van der Waals surface area contributed by atoms with E-state index in [1.807, 2.05) is 31.7 Å². The zero-order valence-electron chi connectivity index (χ0n) is 13.3. The highest BCUT2D eigenvalue weighted by atomic mass is 32.1. The summed E-state index contributed by atoms with van der Waals surface area (Å²) in [4.78, 5) is 20.9. The van der Waals surface area contributed by atoms with Gasteiger partial charge < -0.3 is 15.5 Å². The molecule has 0 aliphatic carbocycles. The number of thiazole rings is 1. The van der Waals surface area contributed by atoms with Crippen molar-refractivity contribution in [2.45, 2.75) is 20.8 Å². The van der Waals surface area contributed by atoms with E-state index in [2.05, 4.69) is 22.0 Å². The van der Waals surface area contributed by atoms with Crippen LogP contribution in [0.3, 0.4) is 0 Å². The molecule has 0 unspecified atom stereocenters. The lowest BCUT2D eigenvalue weighted by Gasteiger charge is -2.38. The van der Waals surface area contributed by atoms with Crippen molar-refractivity contribution in [3.05, 3.63) is 18.2 Å². The van der Waals surface area contributed by atoms with Crippen molar-refractivity contribution in [1.82, 2.24) is 9.88 Å². The topological polar surface area (TPSA) is 62.5 Å². The second-order valence-electron chi connectivity index (χ2n) is 6.73. The molecule has 1 saturated heterocycles. The predicted molar refractivity (Wildman–Crippen MR) is 92.3 cm³/mol. The summed E-state index contributed by atoms with van der Waals surface area (Å²) in [6.45, 7) is 9.21. The summed E-state index contributed by atoms with van der Waals surface area (Å²) in [5.74, 6) is 0.234. The number of carbonyl (C=O) groups is 1. The first-order chi connectivity index (χ1) is 10.3. The number of hydrogen-bond donors (Lipinski definition) is 1. The van der Waals surface area contributed by atoms with Gasteiger partial charge in [-0.05, 0) is 18.2 Å². The van der Waals surface area contributed by atoms with Gasteiger partial charge in [-0.15, -0.1) is 0 Å². The van der Waals surface area contributed by atoms with Crippen molar-refractivity contribution in [2.24, 2.45) is 5.41 Å². The molecule has 0 radical (unpaired) electrons. The molecule has 2 heterocycles. The fraction of sp³-hybridized carbons (Fsp3) is 0.500. The van der Waals surface area contributed by atoms with Crippen molar-refractivity contribution in [1.29, 1.82) is 0 Å². The number of nitrogens with two attached hydrogens (primary N) is 1. The number of amides is 1. The fourth-order valence-electron chi connectivity index (χ4n) is 2.77. The number of nitrogen functional groups attached to an aromatic ring is 1. The summed E-state index contributed by atoms with van der Waals surface area (Å²) in [5.41, 5.74) is 7.59. The SMILES string of the molecule is CC(C)(C)C(=O)N1CCN(c2ccc3nc(N)sc3c2)CC1. The van der Waals surface area contributed by atoms with E-state index in [1.54, 1.807) is 0 Å². The zero-order valence-corrected chi connectivity index (χ0v) is 14.1. The maximum atomic E-state index is 12.3. The highest BCUT2D eigenvalue weighted by Crippen LogP contribution is 2.29. The van der Waals surface area contributed by atoms with E-state index in [0.29, 0.717) is 5.13 Å². The number of nitrogens with zero attached hydrogens (tertiary/aromatic N) is 3. The van der Waals surface area contributed by atoms with Crippen molar-refractivity contribution < 1.29 is 4.79 Å². The number of aromatic nitrogens is 1. The molecular weight excluding hydrogens is 296 g/mol. The summed E-state index contributed by atoms with van der Waals surface area (Å²) in [5, 5.41) is 0.604. The number of hydrogen-bond acceptors (Lipinski definition) is 5. The van der Waals surface area contributed by atoms with Crippen LogP contribution in [-0.2, 0) is 4.79 Å². The maximum Gasteiger partial charge on any atom is 0.228 e. The molecule has 1 aromatic heterocycles. The number of rotatable bonds is 1. The van der Waals surface area contributed by atoms with Crippen LogP contribution >= 0.6 is 11.3 Å². The predicted octanol–water partition coefficient (Wildman–Crippen LogP) is 2.57. The van der Waals surface area contributed by atoms with Crippen molar-refractivity contribution in [3.8, 4) is 0 Å². The van der Waals surface area contributed by atoms with Gasteiger partial charge in [0.2, 0.25) is 5.91 Å². The van der Waals surface area contributed by atoms with Gasteiger partial charge in [0, 0.05) is 37.3 Å². The fourth-order valence-corrected chi connectivity index (χ4v) is 3.54. The van der Waals surface area contributed by atoms with Crippen molar-refractivity contribution in [3.63, 3.8) is 0 Å². The van der Waals surface area contributed by atoms with Crippen LogP contribution in [0.25, 0.3) is 10.2 Å². The van der Waals surface area contributed by atoms with Gasteiger partial charge in [0.25, 0.3) is 0 Å². The van der Waals surface area contributed by atoms with Crippen LogP contribution in [-0.4, -0.2) is 42.0 Å². The first-order valence-electron chi connectivity index (χ1n) is 7.55. The third-order valence-electron chi connectivity index (χ3n) is 3.96. The van der Waals surface area contributed by atoms with Gasteiger partial charge in [-0.25, -0.2) is 4.98 Å². The third-order valence-corrected chi connectivity index (χ3v) is 4.81. The monoisotopic (exact) mass is 318 g/mol. The first kappa shape index (κ1) is 15.1. The third kappa shape index (κ3) is 2.88. The van der Waals surface area contributed by atoms with E-state index in [4.69, 9.17) is 5.73 Å². The molecule has 2 N–H and O–H groups in total. The van der Waals surface area contributed by atoms with E-state index in [1.165, 1.54) is 17.0 Å². The Morgan fingerprint density at radius 2 is 1.91 bits per heavy atom. The van der Waals surface area contributed by atoms with Crippen LogP contribution < -0.4 is 10.6 Å². The minimum atomic E-state index is -0.304. The normalized spacial score (nSPS) is 16.3. The molecule has 1 aliphatic rings. The lowest BCUT2D eigenvalue weighted by atomic mass is 9.94. The largest absolute Gasteiger partial charge is 0.375 e. The molecule has 0 saturated carbocycles. The maximum absolute atomic E-state index is 12.3. The minimum Gasteiger partial charge on any atom is -0.375 e. The minimum absolute atomic E-state index is 0.234. The average Bonchev–Trinajstić information content (AvgIpc) is 2.84. The first-order valence-corrected chi connectivity index (χ1v) is 8.36. The Morgan fingerprint density at radius 3 is 2.55 bits per heavy atom. The summed E-state index contributed by atoms with van der Waals surface area (Å²) in [6, 6.07) is 6.25. The lowest BCUT2D eigenvalue weighted by Crippen LogP contribution is -2.51. The zero-order chi connectivity index (χ0) is 15.9. The quantitative estimate of drug-likeness (QED) is 0.878. The van der Waals surface area contributed by atoms with Gasteiger partial charge >= 0.3 is 0 Å². The van der Waals surface area contributed by atoms with E-state index in [9.17, 15) is 4.79 Å². The van der Waals surface area contributed by atoms with Crippen molar-refractivity contribution >= 4 is 38.3 Å². The molecule has 1 fully saturated rings. The molecule has 1 amide bonds. The highest BCUT2D eigenvalue weighted by Gasteiger charge is 2.29. The molecule has 6 heteroatoms. The molecule has 0 atom stereocenters. The molecular formula is C16H22N4OS. The van der Waals surface area contributed by atoms with E-state index in [0.717, 1.165) is 36.4 Å². The molecule has 22 heavy (non-hydrogen) atoms. The molecule has 1 aliphatic heterocycles. The van der Waals surface area contributed by atoms with E-state index < -0.39 is 0 Å².